The van der Waals surface area contributed by atoms with Gasteiger partial charge in [-0.1, -0.05) is 30.3 Å². The van der Waals surface area contributed by atoms with E-state index in [9.17, 15) is 10.1 Å². The zero-order valence-electron chi connectivity index (χ0n) is 9.29. The molecule has 0 heterocycles. The first-order chi connectivity index (χ1) is 8.18. The number of aryl methyl sites for hydroxylation is 1. The van der Waals surface area contributed by atoms with Gasteiger partial charge in [-0.25, -0.2) is 0 Å². The second-order valence-corrected chi connectivity index (χ2v) is 3.60. The molecule has 0 saturated carbocycles. The molecule has 17 heavy (non-hydrogen) atoms. The van der Waals surface area contributed by atoms with Gasteiger partial charge in [-0.05, 0) is 24.6 Å². The molecule has 0 aliphatic carbocycles. The molecule has 86 valence electrons. The minimum atomic E-state index is -0.439. The number of hydrogen-bond donors (Lipinski definition) is 0. The summed E-state index contributed by atoms with van der Waals surface area (Å²) in [5, 5.41) is 10.9. The highest BCUT2D eigenvalue weighted by molar-refractivity contribution is 5.52. The molecule has 0 spiro atoms. The quantitative estimate of drug-likeness (QED) is 0.595. The molecule has 0 radical (unpaired) electrons. The second kappa shape index (κ2) is 4.65. The summed E-state index contributed by atoms with van der Waals surface area (Å²) in [6.45, 7) is 1.78. The molecule has 4 nitrogen and oxygen atoms in total. The zero-order chi connectivity index (χ0) is 12.3. The molecule has 0 N–H and O–H groups in total. The zero-order valence-corrected chi connectivity index (χ0v) is 9.29. The van der Waals surface area contributed by atoms with Gasteiger partial charge in [0.1, 0.15) is 5.75 Å². The van der Waals surface area contributed by atoms with Gasteiger partial charge >= 0.3 is 5.69 Å². The van der Waals surface area contributed by atoms with Crippen molar-refractivity contribution in [3.8, 4) is 11.5 Å². The number of nitro benzene ring substituents is 1. The summed E-state index contributed by atoms with van der Waals surface area (Å²) in [6.07, 6.45) is 0. The van der Waals surface area contributed by atoms with Crippen molar-refractivity contribution in [3.05, 3.63) is 64.2 Å². The van der Waals surface area contributed by atoms with Crippen molar-refractivity contribution in [2.45, 2.75) is 6.92 Å². The molecule has 0 aliphatic heterocycles. The Bertz CT molecular complexity index is 538. The Hall–Kier alpha value is -2.36. The first kappa shape index (κ1) is 11.1. The fraction of sp³-hybridized carbons (Fsp3) is 0.0769. The number of hydrogen-bond acceptors (Lipinski definition) is 3. The lowest BCUT2D eigenvalue weighted by atomic mass is 10.2. The molecule has 2 rings (SSSR count). The van der Waals surface area contributed by atoms with E-state index in [0.717, 1.165) is 5.56 Å². The van der Waals surface area contributed by atoms with Crippen molar-refractivity contribution in [1.82, 2.24) is 0 Å². The maximum absolute atomic E-state index is 10.9. The number of benzene rings is 2. The summed E-state index contributed by atoms with van der Waals surface area (Å²) < 4.78 is 5.56. The molecule has 0 saturated heterocycles. The molecular formula is C13H11NO3. The van der Waals surface area contributed by atoms with Crippen molar-refractivity contribution in [1.29, 1.82) is 0 Å². The third-order valence-corrected chi connectivity index (χ3v) is 2.35. The highest BCUT2D eigenvalue weighted by atomic mass is 16.6. The van der Waals surface area contributed by atoms with Crippen LogP contribution >= 0.6 is 0 Å². The third kappa shape index (κ3) is 2.42. The lowest BCUT2D eigenvalue weighted by Crippen LogP contribution is -1.95. The minimum absolute atomic E-state index is 0.0196. The Kier molecular flexibility index (Phi) is 3.05. The molecule has 2 aromatic rings. The van der Waals surface area contributed by atoms with E-state index >= 15 is 0 Å². The van der Waals surface area contributed by atoms with Gasteiger partial charge in [-0.3, -0.25) is 10.1 Å². The van der Waals surface area contributed by atoms with Crippen molar-refractivity contribution in [2.24, 2.45) is 0 Å². The number of ether oxygens (including phenoxy) is 1. The first-order valence-electron chi connectivity index (χ1n) is 5.15. The fourth-order valence-electron chi connectivity index (χ4n) is 1.52. The fourth-order valence-corrected chi connectivity index (χ4v) is 1.52. The van der Waals surface area contributed by atoms with E-state index in [1.54, 1.807) is 31.2 Å². The van der Waals surface area contributed by atoms with Gasteiger partial charge < -0.3 is 4.74 Å². The summed E-state index contributed by atoms with van der Waals surface area (Å²) >= 11 is 0. The van der Waals surface area contributed by atoms with Crippen LogP contribution in [0.3, 0.4) is 0 Å². The predicted molar refractivity (Wildman–Crippen MR) is 64.3 cm³/mol. The summed E-state index contributed by atoms with van der Waals surface area (Å²) in [4.78, 5) is 10.5. The first-order valence-corrected chi connectivity index (χ1v) is 5.15. The summed E-state index contributed by atoms with van der Waals surface area (Å²) in [5.74, 6) is 0.883. The van der Waals surface area contributed by atoms with Crippen LogP contribution in [0.4, 0.5) is 5.69 Å². The number of rotatable bonds is 3. The van der Waals surface area contributed by atoms with Crippen molar-refractivity contribution in [2.75, 3.05) is 0 Å². The molecule has 0 fully saturated rings. The van der Waals surface area contributed by atoms with E-state index in [1.165, 1.54) is 6.07 Å². The van der Waals surface area contributed by atoms with E-state index in [-0.39, 0.29) is 5.69 Å². The monoisotopic (exact) mass is 229 g/mol. The van der Waals surface area contributed by atoms with Gasteiger partial charge in [0.15, 0.2) is 0 Å². The number of nitro groups is 1. The minimum Gasteiger partial charge on any atom is -0.450 e. The van der Waals surface area contributed by atoms with E-state index < -0.39 is 4.92 Å². The van der Waals surface area contributed by atoms with Crippen LogP contribution in [0.15, 0.2) is 48.5 Å². The van der Waals surface area contributed by atoms with Crippen LogP contribution in [0.2, 0.25) is 0 Å². The SMILES string of the molecule is Cc1cccc([N+](=O)[O-])c1Oc1ccccc1. The molecule has 0 atom stereocenters. The molecule has 0 aliphatic rings. The van der Waals surface area contributed by atoms with Gasteiger partial charge in [0, 0.05) is 6.07 Å². The predicted octanol–water partition coefficient (Wildman–Crippen LogP) is 3.70. The maximum Gasteiger partial charge on any atom is 0.311 e. The van der Waals surface area contributed by atoms with Crippen LogP contribution in [0.1, 0.15) is 5.56 Å². The standard InChI is InChI=1S/C13H11NO3/c1-10-6-5-9-12(14(15)16)13(10)17-11-7-3-2-4-8-11/h2-9H,1H3. The number of nitrogens with zero attached hydrogens (tertiary/aromatic N) is 1. The largest absolute Gasteiger partial charge is 0.450 e. The normalized spacial score (nSPS) is 9.94. The van der Waals surface area contributed by atoms with E-state index in [2.05, 4.69) is 0 Å². The van der Waals surface area contributed by atoms with Crippen LogP contribution < -0.4 is 4.74 Å². The van der Waals surface area contributed by atoms with Crippen LogP contribution in [0.25, 0.3) is 0 Å². The molecular weight excluding hydrogens is 218 g/mol. The van der Waals surface area contributed by atoms with Gasteiger partial charge in [0.25, 0.3) is 0 Å². The number of para-hydroxylation sites is 2. The van der Waals surface area contributed by atoms with Crippen molar-refractivity contribution < 1.29 is 9.66 Å². The Balaban J connectivity index is 2.41. The second-order valence-electron chi connectivity index (χ2n) is 3.60. The smallest absolute Gasteiger partial charge is 0.311 e. The maximum atomic E-state index is 10.9. The van der Waals surface area contributed by atoms with E-state index in [4.69, 9.17) is 4.74 Å². The third-order valence-electron chi connectivity index (χ3n) is 2.35. The van der Waals surface area contributed by atoms with Crippen LogP contribution in [-0.4, -0.2) is 4.92 Å². The van der Waals surface area contributed by atoms with E-state index in [1.807, 2.05) is 18.2 Å². The molecule has 2 aromatic carbocycles. The molecule has 4 heteroatoms. The van der Waals surface area contributed by atoms with Crippen molar-refractivity contribution >= 4 is 5.69 Å². The van der Waals surface area contributed by atoms with Crippen LogP contribution in [-0.2, 0) is 0 Å². The van der Waals surface area contributed by atoms with Gasteiger partial charge in [0.2, 0.25) is 5.75 Å². The average molecular weight is 229 g/mol. The summed E-state index contributed by atoms with van der Waals surface area (Å²) in [7, 11) is 0. The van der Waals surface area contributed by atoms with Gasteiger partial charge in [0.05, 0.1) is 4.92 Å². The molecule has 0 amide bonds. The van der Waals surface area contributed by atoms with Gasteiger partial charge in [-0.2, -0.15) is 0 Å². The Labute approximate surface area is 98.6 Å². The molecule has 0 unspecified atom stereocenters. The lowest BCUT2D eigenvalue weighted by Gasteiger charge is -2.08. The highest BCUT2D eigenvalue weighted by Gasteiger charge is 2.17. The van der Waals surface area contributed by atoms with Crippen molar-refractivity contribution in [3.63, 3.8) is 0 Å². The van der Waals surface area contributed by atoms with E-state index in [0.29, 0.717) is 11.5 Å². The topological polar surface area (TPSA) is 52.4 Å². The Morgan fingerprint density at radius 3 is 2.41 bits per heavy atom. The van der Waals surface area contributed by atoms with Gasteiger partial charge in [-0.15, -0.1) is 0 Å². The average Bonchev–Trinajstić information content (AvgIpc) is 2.33. The van der Waals surface area contributed by atoms with Crippen LogP contribution in [0, 0.1) is 17.0 Å². The highest BCUT2D eigenvalue weighted by Crippen LogP contribution is 2.33. The molecule has 0 aromatic heterocycles. The van der Waals surface area contributed by atoms with Crippen LogP contribution in [0.5, 0.6) is 11.5 Å². The summed E-state index contributed by atoms with van der Waals surface area (Å²) in [5.41, 5.74) is 0.719. The Morgan fingerprint density at radius 2 is 1.76 bits per heavy atom. The lowest BCUT2D eigenvalue weighted by molar-refractivity contribution is -0.385. The Morgan fingerprint density at radius 1 is 1.06 bits per heavy atom. The molecule has 0 bridgehead atoms. The summed E-state index contributed by atoms with van der Waals surface area (Å²) in [6, 6.07) is 13.9.